The second-order valence-electron chi connectivity index (χ2n) is 5.68. The van der Waals surface area contributed by atoms with Crippen molar-refractivity contribution in [2.75, 3.05) is 0 Å². The van der Waals surface area contributed by atoms with Crippen LogP contribution in [0.15, 0.2) is 5.10 Å². The van der Waals surface area contributed by atoms with Crippen molar-refractivity contribution >= 4 is 11.6 Å². The van der Waals surface area contributed by atoms with Crippen molar-refractivity contribution in [1.82, 2.24) is 5.01 Å². The van der Waals surface area contributed by atoms with E-state index in [-0.39, 0.29) is 16.6 Å². The predicted octanol–water partition coefficient (Wildman–Crippen LogP) is 2.28. The third kappa shape index (κ3) is 2.61. The maximum atomic E-state index is 13.0. The fourth-order valence-electron chi connectivity index (χ4n) is 2.16. The van der Waals surface area contributed by atoms with Crippen LogP contribution in [0.2, 0.25) is 0 Å². The van der Waals surface area contributed by atoms with Gasteiger partial charge in [0.05, 0.1) is 0 Å². The van der Waals surface area contributed by atoms with E-state index in [1.165, 1.54) is 0 Å². The van der Waals surface area contributed by atoms with E-state index in [0.29, 0.717) is 19.3 Å². The lowest BCUT2D eigenvalue weighted by molar-refractivity contribution is -0.302. The molecule has 2 rings (SSSR count). The highest BCUT2D eigenvalue weighted by Gasteiger charge is 2.64. The van der Waals surface area contributed by atoms with Crippen LogP contribution >= 0.6 is 0 Å². The van der Waals surface area contributed by atoms with Crippen LogP contribution in [0.25, 0.3) is 0 Å². The van der Waals surface area contributed by atoms with Crippen LogP contribution in [0.3, 0.4) is 0 Å². The lowest BCUT2D eigenvalue weighted by Crippen LogP contribution is -2.57. The molecule has 4 nitrogen and oxygen atoms in total. The van der Waals surface area contributed by atoms with Gasteiger partial charge in [0.15, 0.2) is 0 Å². The summed E-state index contributed by atoms with van der Waals surface area (Å²) in [6, 6.07) is 0. The number of halogens is 3. The molecule has 0 unspecified atom stereocenters. The summed E-state index contributed by atoms with van der Waals surface area (Å²) < 4.78 is 39.1. The summed E-state index contributed by atoms with van der Waals surface area (Å²) in [5, 5.41) is 13.9. The van der Waals surface area contributed by atoms with Crippen LogP contribution in [0.1, 0.15) is 39.5 Å². The Balaban J connectivity index is 2.26. The summed E-state index contributed by atoms with van der Waals surface area (Å²) in [7, 11) is 0. The Hall–Kier alpha value is -1.11. The highest BCUT2D eigenvalue weighted by molar-refractivity contribution is 5.92. The zero-order valence-corrected chi connectivity index (χ0v) is 10.9. The highest BCUT2D eigenvalue weighted by Crippen LogP contribution is 2.44. The van der Waals surface area contributed by atoms with Crippen molar-refractivity contribution in [3.05, 3.63) is 0 Å². The van der Waals surface area contributed by atoms with Crippen molar-refractivity contribution in [2.45, 2.75) is 51.4 Å². The number of hydrogen-bond donors (Lipinski definition) is 1. The van der Waals surface area contributed by atoms with E-state index in [0.717, 1.165) is 0 Å². The Bertz CT molecular complexity index is 416. The van der Waals surface area contributed by atoms with Crippen molar-refractivity contribution in [3.63, 3.8) is 0 Å². The van der Waals surface area contributed by atoms with E-state index in [2.05, 4.69) is 5.10 Å². The van der Waals surface area contributed by atoms with Gasteiger partial charge in [0.25, 0.3) is 5.72 Å². The van der Waals surface area contributed by atoms with Crippen molar-refractivity contribution in [2.24, 2.45) is 16.9 Å². The van der Waals surface area contributed by atoms with Gasteiger partial charge in [-0.2, -0.15) is 23.3 Å². The molecule has 1 fully saturated rings. The number of nitrogens with zero attached hydrogens (tertiary/aromatic N) is 2. The minimum Gasteiger partial charge on any atom is -0.362 e. The fourth-order valence-corrected chi connectivity index (χ4v) is 2.16. The quantitative estimate of drug-likeness (QED) is 0.861. The Morgan fingerprint density at radius 2 is 2.11 bits per heavy atom. The van der Waals surface area contributed by atoms with E-state index in [9.17, 15) is 23.1 Å². The molecule has 1 amide bonds. The van der Waals surface area contributed by atoms with Gasteiger partial charge in [0.2, 0.25) is 5.91 Å². The molecule has 108 valence electrons. The van der Waals surface area contributed by atoms with Crippen LogP contribution < -0.4 is 0 Å². The van der Waals surface area contributed by atoms with E-state index in [1.807, 2.05) is 13.8 Å². The monoisotopic (exact) mass is 278 g/mol. The van der Waals surface area contributed by atoms with E-state index in [1.54, 1.807) is 0 Å². The Morgan fingerprint density at radius 1 is 1.53 bits per heavy atom. The van der Waals surface area contributed by atoms with Gasteiger partial charge in [-0.25, -0.2) is 0 Å². The standard InChI is InChI=1S/C12H17F3N2O2/c1-7(2)5-9-6-11(19,12(13,14)15)17(16-9)10(18)8-3-4-8/h7-8,19H,3-6H2,1-2H3/t11-/m0/s1. The number of alkyl halides is 3. The summed E-state index contributed by atoms with van der Waals surface area (Å²) in [4.78, 5) is 11.9. The Kier molecular flexibility index (Phi) is 3.36. The summed E-state index contributed by atoms with van der Waals surface area (Å²) in [6.45, 7) is 3.70. The molecule has 19 heavy (non-hydrogen) atoms. The Labute approximate surface area is 109 Å². The zero-order chi connectivity index (χ0) is 14.4. The molecule has 0 saturated heterocycles. The molecule has 7 heteroatoms. The summed E-state index contributed by atoms with van der Waals surface area (Å²) in [6.07, 6.45) is -4.07. The van der Waals surface area contributed by atoms with Crippen LogP contribution in [-0.2, 0) is 4.79 Å². The fraction of sp³-hybridized carbons (Fsp3) is 0.833. The molecule has 0 spiro atoms. The number of hydrogen-bond acceptors (Lipinski definition) is 3. The molecule has 0 bridgehead atoms. The first kappa shape index (κ1) is 14.3. The number of rotatable bonds is 3. The first-order valence-corrected chi connectivity index (χ1v) is 6.34. The minimum absolute atomic E-state index is 0.118. The molecular formula is C12H17F3N2O2. The second-order valence-corrected chi connectivity index (χ2v) is 5.68. The molecule has 1 saturated carbocycles. The topological polar surface area (TPSA) is 52.9 Å². The van der Waals surface area contributed by atoms with Crippen LogP contribution in [-0.4, -0.2) is 33.6 Å². The van der Waals surface area contributed by atoms with Gasteiger partial charge in [-0.05, 0) is 25.2 Å². The predicted molar refractivity (Wildman–Crippen MR) is 62.1 cm³/mol. The lowest BCUT2D eigenvalue weighted by Gasteiger charge is -2.32. The third-order valence-electron chi connectivity index (χ3n) is 3.28. The van der Waals surface area contributed by atoms with E-state index >= 15 is 0 Å². The average Bonchev–Trinajstić information content (AvgIpc) is 3.01. The van der Waals surface area contributed by atoms with Crippen molar-refractivity contribution in [1.29, 1.82) is 0 Å². The van der Waals surface area contributed by atoms with E-state index in [4.69, 9.17) is 0 Å². The molecule has 0 aromatic heterocycles. The number of carbonyl (C=O) groups excluding carboxylic acids is 1. The van der Waals surface area contributed by atoms with Gasteiger partial charge in [0, 0.05) is 18.1 Å². The highest BCUT2D eigenvalue weighted by atomic mass is 19.4. The Morgan fingerprint density at radius 3 is 2.53 bits per heavy atom. The number of amides is 1. The van der Waals surface area contributed by atoms with Crippen molar-refractivity contribution < 1.29 is 23.1 Å². The van der Waals surface area contributed by atoms with Gasteiger partial charge in [-0.15, -0.1) is 0 Å². The maximum Gasteiger partial charge on any atom is 0.438 e. The van der Waals surface area contributed by atoms with Crippen LogP contribution in [0.5, 0.6) is 0 Å². The molecule has 2 aliphatic rings. The van der Waals surface area contributed by atoms with Gasteiger partial charge >= 0.3 is 6.18 Å². The first-order valence-electron chi connectivity index (χ1n) is 6.34. The summed E-state index contributed by atoms with van der Waals surface area (Å²) in [5.74, 6) is -1.03. The number of hydrazone groups is 1. The lowest BCUT2D eigenvalue weighted by atomic mass is 9.99. The third-order valence-corrected chi connectivity index (χ3v) is 3.28. The molecule has 1 aliphatic carbocycles. The van der Waals surface area contributed by atoms with Crippen LogP contribution in [0.4, 0.5) is 13.2 Å². The largest absolute Gasteiger partial charge is 0.438 e. The van der Waals surface area contributed by atoms with E-state index < -0.39 is 30.1 Å². The molecule has 1 N–H and O–H groups in total. The second kappa shape index (κ2) is 4.47. The molecular weight excluding hydrogens is 261 g/mol. The minimum atomic E-state index is -4.90. The molecule has 1 atom stereocenters. The van der Waals surface area contributed by atoms with Gasteiger partial charge in [0.1, 0.15) is 0 Å². The number of aliphatic hydroxyl groups is 1. The summed E-state index contributed by atoms with van der Waals surface area (Å²) in [5.41, 5.74) is -2.94. The molecule has 1 heterocycles. The zero-order valence-electron chi connectivity index (χ0n) is 10.9. The normalized spacial score (nSPS) is 27.9. The molecule has 0 radical (unpaired) electrons. The van der Waals surface area contributed by atoms with Gasteiger partial charge < -0.3 is 5.11 Å². The SMILES string of the molecule is CC(C)CC1=NN(C(=O)C2CC2)[C@@](O)(C(F)(F)F)C1. The molecule has 1 aliphatic heterocycles. The first-order chi connectivity index (χ1) is 8.65. The smallest absolute Gasteiger partial charge is 0.362 e. The molecule has 0 aromatic rings. The maximum absolute atomic E-state index is 13.0. The number of carbonyl (C=O) groups is 1. The summed E-state index contributed by atoms with van der Waals surface area (Å²) >= 11 is 0. The van der Waals surface area contributed by atoms with Gasteiger partial charge in [-0.3, -0.25) is 4.79 Å². The molecule has 0 aromatic carbocycles. The van der Waals surface area contributed by atoms with Gasteiger partial charge in [-0.1, -0.05) is 13.8 Å². The average molecular weight is 278 g/mol. The van der Waals surface area contributed by atoms with Crippen molar-refractivity contribution in [3.8, 4) is 0 Å². The van der Waals surface area contributed by atoms with Crippen LogP contribution in [0, 0.1) is 11.8 Å².